The van der Waals surface area contributed by atoms with E-state index < -0.39 is 6.10 Å². The normalized spacial score (nSPS) is 12.5. The van der Waals surface area contributed by atoms with Gasteiger partial charge in [0, 0.05) is 24.2 Å². The average molecular weight is 259 g/mol. The van der Waals surface area contributed by atoms with Crippen LogP contribution in [0.2, 0.25) is 0 Å². The van der Waals surface area contributed by atoms with E-state index in [0.717, 1.165) is 5.56 Å². The summed E-state index contributed by atoms with van der Waals surface area (Å²) < 4.78 is 5.55. The largest absolute Gasteiger partial charge is 0.489 e. The van der Waals surface area contributed by atoms with Gasteiger partial charge in [0.2, 0.25) is 0 Å². The van der Waals surface area contributed by atoms with Crippen molar-refractivity contribution in [2.75, 3.05) is 0 Å². The van der Waals surface area contributed by atoms with E-state index in [1.54, 1.807) is 30.9 Å². The molecule has 0 aliphatic carbocycles. The predicted octanol–water partition coefficient (Wildman–Crippen LogP) is 2.05. The molecule has 1 atom stereocenters. The van der Waals surface area contributed by atoms with Gasteiger partial charge in [0.15, 0.2) is 5.82 Å². The Morgan fingerprint density at radius 1 is 1.11 bits per heavy atom. The lowest BCUT2D eigenvalue weighted by atomic mass is 10.1. The van der Waals surface area contributed by atoms with E-state index in [-0.39, 0.29) is 6.10 Å². The highest BCUT2D eigenvalue weighted by atomic mass is 16.5. The Morgan fingerprint density at radius 2 is 1.79 bits per heavy atom. The number of aliphatic hydroxyl groups excluding tert-OH is 1. The molecule has 0 saturated heterocycles. The molecule has 0 aliphatic rings. The lowest BCUT2D eigenvalue weighted by Crippen LogP contribution is -2.08. The summed E-state index contributed by atoms with van der Waals surface area (Å²) in [6.07, 6.45) is 5.71. The average Bonchev–Trinajstić information content (AvgIpc) is 2.38. The highest BCUT2D eigenvalue weighted by Gasteiger charge is 2.14. The minimum Gasteiger partial charge on any atom is -0.489 e. The van der Waals surface area contributed by atoms with Crippen LogP contribution in [0, 0.1) is 6.92 Å². The Bertz CT molecular complexity index is 541. The molecule has 0 radical (unpaired) electrons. The van der Waals surface area contributed by atoms with E-state index in [4.69, 9.17) is 4.74 Å². The van der Waals surface area contributed by atoms with Gasteiger partial charge < -0.3 is 9.84 Å². The van der Waals surface area contributed by atoms with Gasteiger partial charge in [-0.15, -0.1) is 0 Å². The smallest absolute Gasteiger partial charge is 0.161 e. The summed E-state index contributed by atoms with van der Waals surface area (Å²) in [4.78, 5) is 12.3. The zero-order chi connectivity index (χ0) is 13.8. The van der Waals surface area contributed by atoms with Crippen LogP contribution in [0.4, 0.5) is 0 Å². The molecule has 2 aromatic heterocycles. The van der Waals surface area contributed by atoms with Crippen LogP contribution in [-0.2, 0) is 0 Å². The standard InChI is InChI=1S/C14H17N3O2/c1-9(2)19-12-4-11(7-15-8-12)13(18)14-16-5-10(3)6-17-14/h4-9,13,18H,1-3H3. The Labute approximate surface area is 112 Å². The first kappa shape index (κ1) is 13.4. The maximum atomic E-state index is 10.2. The second kappa shape index (κ2) is 5.75. The van der Waals surface area contributed by atoms with Crippen LogP contribution < -0.4 is 4.74 Å². The van der Waals surface area contributed by atoms with Crippen LogP contribution in [0.3, 0.4) is 0 Å². The molecule has 0 aromatic carbocycles. The molecule has 0 aliphatic heterocycles. The van der Waals surface area contributed by atoms with E-state index in [1.807, 2.05) is 20.8 Å². The Balaban J connectivity index is 2.23. The molecule has 1 N–H and O–H groups in total. The zero-order valence-corrected chi connectivity index (χ0v) is 11.2. The number of aliphatic hydroxyl groups is 1. The van der Waals surface area contributed by atoms with Crippen molar-refractivity contribution in [1.29, 1.82) is 0 Å². The van der Waals surface area contributed by atoms with Crippen molar-refractivity contribution < 1.29 is 9.84 Å². The van der Waals surface area contributed by atoms with Crippen molar-refractivity contribution in [3.05, 3.63) is 47.8 Å². The SMILES string of the molecule is Cc1cnc(C(O)c2cncc(OC(C)C)c2)nc1. The maximum Gasteiger partial charge on any atom is 0.161 e. The number of aryl methyl sites for hydroxylation is 1. The second-order valence-corrected chi connectivity index (χ2v) is 4.64. The summed E-state index contributed by atoms with van der Waals surface area (Å²) in [6, 6.07) is 1.75. The number of pyridine rings is 1. The number of nitrogens with zero attached hydrogens (tertiary/aromatic N) is 3. The quantitative estimate of drug-likeness (QED) is 0.910. The number of ether oxygens (including phenoxy) is 1. The molecule has 100 valence electrons. The van der Waals surface area contributed by atoms with Crippen LogP contribution in [0.25, 0.3) is 0 Å². The van der Waals surface area contributed by atoms with E-state index in [2.05, 4.69) is 15.0 Å². The van der Waals surface area contributed by atoms with Gasteiger partial charge in [-0.2, -0.15) is 0 Å². The molecule has 5 nitrogen and oxygen atoms in total. The number of rotatable bonds is 4. The van der Waals surface area contributed by atoms with Crippen molar-refractivity contribution in [2.24, 2.45) is 0 Å². The van der Waals surface area contributed by atoms with Crippen molar-refractivity contribution >= 4 is 0 Å². The first-order chi connectivity index (χ1) is 9.06. The molecule has 2 heterocycles. The molecule has 0 fully saturated rings. The van der Waals surface area contributed by atoms with Crippen molar-refractivity contribution in [1.82, 2.24) is 15.0 Å². The molecule has 19 heavy (non-hydrogen) atoms. The molecule has 2 aromatic rings. The lowest BCUT2D eigenvalue weighted by molar-refractivity contribution is 0.206. The van der Waals surface area contributed by atoms with Crippen LogP contribution in [0.15, 0.2) is 30.9 Å². The van der Waals surface area contributed by atoms with E-state index in [9.17, 15) is 5.11 Å². The molecule has 0 bridgehead atoms. The number of aromatic nitrogens is 3. The zero-order valence-electron chi connectivity index (χ0n) is 11.2. The molecule has 1 unspecified atom stereocenters. The van der Waals surface area contributed by atoms with Gasteiger partial charge in [-0.05, 0) is 32.4 Å². The molecule has 2 rings (SSSR count). The molecule has 0 saturated carbocycles. The van der Waals surface area contributed by atoms with Gasteiger partial charge >= 0.3 is 0 Å². The fourth-order valence-electron chi connectivity index (χ4n) is 1.61. The van der Waals surface area contributed by atoms with Crippen LogP contribution in [-0.4, -0.2) is 26.2 Å². The lowest BCUT2D eigenvalue weighted by Gasteiger charge is -2.13. The van der Waals surface area contributed by atoms with Crippen LogP contribution in [0.1, 0.15) is 36.9 Å². The van der Waals surface area contributed by atoms with Crippen molar-refractivity contribution in [2.45, 2.75) is 33.0 Å². The summed E-state index contributed by atoms with van der Waals surface area (Å²) in [5.41, 5.74) is 1.56. The fourth-order valence-corrected chi connectivity index (χ4v) is 1.61. The van der Waals surface area contributed by atoms with Gasteiger partial charge in [0.1, 0.15) is 11.9 Å². The minimum atomic E-state index is -0.899. The van der Waals surface area contributed by atoms with Crippen molar-refractivity contribution in [3.8, 4) is 5.75 Å². The topological polar surface area (TPSA) is 68.1 Å². The summed E-state index contributed by atoms with van der Waals surface area (Å²) in [6.45, 7) is 5.77. The monoisotopic (exact) mass is 259 g/mol. The summed E-state index contributed by atoms with van der Waals surface area (Å²) in [7, 11) is 0. The van der Waals surface area contributed by atoms with E-state index >= 15 is 0 Å². The highest BCUT2D eigenvalue weighted by Crippen LogP contribution is 2.22. The third-order valence-corrected chi connectivity index (χ3v) is 2.47. The molecule has 0 amide bonds. The minimum absolute atomic E-state index is 0.0600. The number of hydrogen-bond acceptors (Lipinski definition) is 5. The van der Waals surface area contributed by atoms with Crippen LogP contribution in [0.5, 0.6) is 5.75 Å². The van der Waals surface area contributed by atoms with Gasteiger partial charge in [-0.1, -0.05) is 0 Å². The Hall–Kier alpha value is -2.01. The molecule has 5 heteroatoms. The third-order valence-electron chi connectivity index (χ3n) is 2.47. The molecular weight excluding hydrogens is 242 g/mol. The summed E-state index contributed by atoms with van der Waals surface area (Å²) in [5.74, 6) is 0.979. The first-order valence-electron chi connectivity index (χ1n) is 6.14. The van der Waals surface area contributed by atoms with E-state index in [1.165, 1.54) is 0 Å². The third kappa shape index (κ3) is 3.48. The van der Waals surface area contributed by atoms with Gasteiger partial charge in [0.05, 0.1) is 12.3 Å². The van der Waals surface area contributed by atoms with Crippen LogP contribution >= 0.6 is 0 Å². The molecular formula is C14H17N3O2. The Morgan fingerprint density at radius 3 is 2.42 bits per heavy atom. The highest BCUT2D eigenvalue weighted by molar-refractivity contribution is 5.28. The van der Waals surface area contributed by atoms with Gasteiger partial charge in [-0.25, -0.2) is 9.97 Å². The Kier molecular flexibility index (Phi) is 4.06. The second-order valence-electron chi connectivity index (χ2n) is 4.64. The van der Waals surface area contributed by atoms with Crippen molar-refractivity contribution in [3.63, 3.8) is 0 Å². The summed E-state index contributed by atoms with van der Waals surface area (Å²) in [5, 5.41) is 10.2. The summed E-state index contributed by atoms with van der Waals surface area (Å²) >= 11 is 0. The van der Waals surface area contributed by atoms with Gasteiger partial charge in [0.25, 0.3) is 0 Å². The number of hydrogen-bond donors (Lipinski definition) is 1. The van der Waals surface area contributed by atoms with E-state index in [0.29, 0.717) is 17.1 Å². The fraction of sp³-hybridized carbons (Fsp3) is 0.357. The molecule has 0 spiro atoms. The van der Waals surface area contributed by atoms with Gasteiger partial charge in [-0.3, -0.25) is 4.98 Å². The predicted molar refractivity (Wildman–Crippen MR) is 70.8 cm³/mol. The first-order valence-corrected chi connectivity index (χ1v) is 6.14. The maximum absolute atomic E-state index is 10.2.